The third-order valence-electron chi connectivity index (χ3n) is 2.75. The van der Waals surface area contributed by atoms with Gasteiger partial charge in [0.15, 0.2) is 0 Å². The van der Waals surface area contributed by atoms with Crippen molar-refractivity contribution in [2.75, 3.05) is 13.1 Å². The summed E-state index contributed by atoms with van der Waals surface area (Å²) in [4.78, 5) is 0. The van der Waals surface area contributed by atoms with Gasteiger partial charge in [-0.3, -0.25) is 0 Å². The summed E-state index contributed by atoms with van der Waals surface area (Å²) in [5, 5.41) is 3.48. The lowest BCUT2D eigenvalue weighted by Crippen LogP contribution is -2.23. The average Bonchev–Trinajstić information content (AvgIpc) is 2.28. The molecular weight excluding hydrogens is 198 g/mol. The highest BCUT2D eigenvalue weighted by atomic mass is 16.5. The Morgan fingerprint density at radius 1 is 1.56 bits per heavy atom. The quantitative estimate of drug-likeness (QED) is 0.698. The molecule has 0 aromatic heterocycles. The SMILES string of the molecule is CC/C(=C/C1CCC=CO1)CNCC(C)C. The number of hydrogen-bond acceptors (Lipinski definition) is 2. The molecule has 1 N–H and O–H groups in total. The Labute approximate surface area is 99.8 Å². The molecule has 1 rings (SSSR count). The van der Waals surface area contributed by atoms with Crippen LogP contribution >= 0.6 is 0 Å². The normalized spacial score (nSPS) is 21.2. The summed E-state index contributed by atoms with van der Waals surface area (Å²) in [5.74, 6) is 0.715. The fraction of sp³-hybridized carbons (Fsp3) is 0.714. The molecule has 16 heavy (non-hydrogen) atoms. The van der Waals surface area contributed by atoms with Crippen LogP contribution < -0.4 is 5.32 Å². The van der Waals surface area contributed by atoms with Gasteiger partial charge in [0.2, 0.25) is 0 Å². The van der Waals surface area contributed by atoms with Crippen molar-refractivity contribution in [3.05, 3.63) is 24.0 Å². The predicted molar refractivity (Wildman–Crippen MR) is 69.3 cm³/mol. The van der Waals surface area contributed by atoms with E-state index >= 15 is 0 Å². The minimum Gasteiger partial charge on any atom is -0.494 e. The molecule has 0 fully saturated rings. The van der Waals surface area contributed by atoms with Gasteiger partial charge in [-0.15, -0.1) is 0 Å². The fourth-order valence-electron chi connectivity index (χ4n) is 1.76. The third-order valence-corrected chi connectivity index (χ3v) is 2.75. The number of hydrogen-bond donors (Lipinski definition) is 1. The van der Waals surface area contributed by atoms with Crippen molar-refractivity contribution >= 4 is 0 Å². The Bertz CT molecular complexity index is 243. The molecule has 0 saturated heterocycles. The lowest BCUT2D eigenvalue weighted by atomic mass is 10.1. The van der Waals surface area contributed by atoms with Gasteiger partial charge in [0.25, 0.3) is 0 Å². The summed E-state index contributed by atoms with van der Waals surface area (Å²) < 4.78 is 5.55. The lowest BCUT2D eigenvalue weighted by Gasteiger charge is -2.18. The molecule has 0 aromatic carbocycles. The molecule has 1 heterocycles. The maximum absolute atomic E-state index is 5.55. The largest absolute Gasteiger partial charge is 0.494 e. The van der Waals surface area contributed by atoms with Crippen LogP contribution in [0.5, 0.6) is 0 Å². The van der Waals surface area contributed by atoms with Crippen molar-refractivity contribution in [1.29, 1.82) is 0 Å². The first-order chi connectivity index (χ1) is 7.72. The van der Waals surface area contributed by atoms with Gasteiger partial charge in [0.1, 0.15) is 6.10 Å². The summed E-state index contributed by atoms with van der Waals surface area (Å²) in [5.41, 5.74) is 1.46. The number of allylic oxidation sites excluding steroid dienone is 1. The molecule has 1 aliphatic rings. The minimum atomic E-state index is 0.292. The molecule has 0 aromatic rings. The Balaban J connectivity index is 2.33. The van der Waals surface area contributed by atoms with Gasteiger partial charge in [-0.25, -0.2) is 0 Å². The van der Waals surface area contributed by atoms with Gasteiger partial charge in [0, 0.05) is 6.54 Å². The van der Waals surface area contributed by atoms with Crippen LogP contribution in [-0.4, -0.2) is 19.2 Å². The standard InChI is InChI=1S/C14H25NO/c1-4-13(11-15-10-12(2)3)9-14-7-5-6-8-16-14/h6,8-9,12,14-15H,4-5,7,10-11H2,1-3H3/b13-9-. The highest BCUT2D eigenvalue weighted by Gasteiger charge is 2.08. The van der Waals surface area contributed by atoms with Gasteiger partial charge < -0.3 is 10.1 Å². The van der Waals surface area contributed by atoms with Crippen molar-refractivity contribution in [3.8, 4) is 0 Å². The lowest BCUT2D eigenvalue weighted by molar-refractivity contribution is 0.164. The maximum atomic E-state index is 5.55. The van der Waals surface area contributed by atoms with Crippen molar-refractivity contribution < 1.29 is 4.74 Å². The molecule has 0 radical (unpaired) electrons. The first kappa shape index (κ1) is 13.3. The van der Waals surface area contributed by atoms with E-state index in [0.717, 1.165) is 32.4 Å². The first-order valence-electron chi connectivity index (χ1n) is 6.43. The zero-order valence-corrected chi connectivity index (χ0v) is 10.8. The second-order valence-corrected chi connectivity index (χ2v) is 4.83. The highest BCUT2D eigenvalue weighted by Crippen LogP contribution is 2.14. The van der Waals surface area contributed by atoms with Gasteiger partial charge >= 0.3 is 0 Å². The zero-order valence-electron chi connectivity index (χ0n) is 10.8. The highest BCUT2D eigenvalue weighted by molar-refractivity contribution is 5.08. The Morgan fingerprint density at radius 2 is 2.38 bits per heavy atom. The molecule has 1 atom stereocenters. The predicted octanol–water partition coefficient (Wildman–Crippen LogP) is 3.26. The van der Waals surface area contributed by atoms with Crippen LogP contribution in [0, 0.1) is 5.92 Å². The molecule has 0 bridgehead atoms. The van der Waals surface area contributed by atoms with E-state index in [1.54, 1.807) is 0 Å². The molecule has 0 amide bonds. The topological polar surface area (TPSA) is 21.3 Å². The van der Waals surface area contributed by atoms with E-state index in [0.29, 0.717) is 12.0 Å². The van der Waals surface area contributed by atoms with E-state index < -0.39 is 0 Å². The fourth-order valence-corrected chi connectivity index (χ4v) is 1.76. The van der Waals surface area contributed by atoms with Gasteiger partial charge in [-0.2, -0.15) is 0 Å². The number of rotatable bonds is 6. The molecular formula is C14H25NO. The van der Waals surface area contributed by atoms with E-state index in [-0.39, 0.29) is 0 Å². The van der Waals surface area contributed by atoms with Crippen LogP contribution in [0.3, 0.4) is 0 Å². The van der Waals surface area contributed by atoms with E-state index in [1.165, 1.54) is 5.57 Å². The van der Waals surface area contributed by atoms with Gasteiger partial charge in [0.05, 0.1) is 6.26 Å². The van der Waals surface area contributed by atoms with Crippen LogP contribution in [-0.2, 0) is 4.74 Å². The van der Waals surface area contributed by atoms with Gasteiger partial charge in [-0.1, -0.05) is 26.3 Å². The minimum absolute atomic E-state index is 0.292. The Hall–Kier alpha value is -0.760. The van der Waals surface area contributed by atoms with E-state index in [9.17, 15) is 0 Å². The van der Waals surface area contributed by atoms with Crippen LogP contribution in [0.4, 0.5) is 0 Å². The molecule has 1 aliphatic heterocycles. The van der Waals surface area contributed by atoms with Crippen LogP contribution in [0.2, 0.25) is 0 Å². The van der Waals surface area contributed by atoms with Crippen LogP contribution in [0.1, 0.15) is 40.0 Å². The number of nitrogens with one attached hydrogen (secondary N) is 1. The molecule has 0 spiro atoms. The second kappa shape index (κ2) is 7.50. The summed E-state index contributed by atoms with van der Waals surface area (Å²) >= 11 is 0. The molecule has 2 nitrogen and oxygen atoms in total. The zero-order chi connectivity index (χ0) is 11.8. The van der Waals surface area contributed by atoms with Crippen molar-refractivity contribution in [1.82, 2.24) is 5.32 Å². The molecule has 92 valence electrons. The number of ether oxygens (including phenoxy) is 1. The molecule has 0 aliphatic carbocycles. The maximum Gasteiger partial charge on any atom is 0.117 e. The monoisotopic (exact) mass is 223 g/mol. The average molecular weight is 223 g/mol. The third kappa shape index (κ3) is 5.36. The smallest absolute Gasteiger partial charge is 0.117 e. The second-order valence-electron chi connectivity index (χ2n) is 4.83. The molecule has 1 unspecified atom stereocenters. The van der Waals surface area contributed by atoms with Crippen LogP contribution in [0.15, 0.2) is 24.0 Å². The van der Waals surface area contributed by atoms with Crippen molar-refractivity contribution in [3.63, 3.8) is 0 Å². The first-order valence-corrected chi connectivity index (χ1v) is 6.43. The van der Waals surface area contributed by atoms with Crippen LogP contribution in [0.25, 0.3) is 0 Å². The van der Waals surface area contributed by atoms with Gasteiger partial charge in [-0.05, 0) is 43.9 Å². The summed E-state index contributed by atoms with van der Waals surface area (Å²) in [6.07, 6.45) is 9.86. The molecule has 0 saturated carbocycles. The summed E-state index contributed by atoms with van der Waals surface area (Å²) in [6.45, 7) is 8.76. The van der Waals surface area contributed by atoms with E-state index in [4.69, 9.17) is 4.74 Å². The Morgan fingerprint density at radius 3 is 2.94 bits per heavy atom. The van der Waals surface area contributed by atoms with E-state index in [2.05, 4.69) is 38.2 Å². The van der Waals surface area contributed by atoms with Crippen molar-refractivity contribution in [2.24, 2.45) is 5.92 Å². The van der Waals surface area contributed by atoms with E-state index in [1.807, 2.05) is 6.26 Å². The summed E-state index contributed by atoms with van der Waals surface area (Å²) in [7, 11) is 0. The summed E-state index contributed by atoms with van der Waals surface area (Å²) in [6, 6.07) is 0. The van der Waals surface area contributed by atoms with Crippen molar-refractivity contribution in [2.45, 2.75) is 46.1 Å². The Kier molecular flexibility index (Phi) is 6.24. The molecule has 2 heteroatoms.